The summed E-state index contributed by atoms with van der Waals surface area (Å²) in [6, 6.07) is 0. The van der Waals surface area contributed by atoms with E-state index < -0.39 is 0 Å². The second-order valence-electron chi connectivity index (χ2n) is 4.75. The first kappa shape index (κ1) is 15.0. The second-order valence-corrected chi connectivity index (χ2v) is 4.75. The third-order valence-electron chi connectivity index (χ3n) is 2.89. The average molecular weight is 214 g/mol. The summed E-state index contributed by atoms with van der Waals surface area (Å²) in [6.07, 6.45) is 11.3. The van der Waals surface area contributed by atoms with Crippen LogP contribution in [0.3, 0.4) is 0 Å². The standard InChI is InChI=1S/C14H30O/c1-5-7-9-11-13(3)15-14(4)12-10-8-6-2/h13-14H,5-12H2,1-4H3. The Kier molecular flexibility index (Phi) is 10.4. The summed E-state index contributed by atoms with van der Waals surface area (Å²) in [6.45, 7) is 8.93. The molecule has 0 aliphatic carbocycles. The van der Waals surface area contributed by atoms with Gasteiger partial charge in [0.25, 0.3) is 0 Å². The Morgan fingerprint density at radius 3 is 1.47 bits per heavy atom. The summed E-state index contributed by atoms with van der Waals surface area (Å²) in [5, 5.41) is 0. The Hall–Kier alpha value is -0.0400. The summed E-state index contributed by atoms with van der Waals surface area (Å²) >= 11 is 0. The van der Waals surface area contributed by atoms with Gasteiger partial charge in [0.1, 0.15) is 0 Å². The van der Waals surface area contributed by atoms with Gasteiger partial charge in [-0.2, -0.15) is 0 Å². The van der Waals surface area contributed by atoms with Crippen molar-refractivity contribution < 1.29 is 4.74 Å². The molecule has 2 unspecified atom stereocenters. The van der Waals surface area contributed by atoms with E-state index in [9.17, 15) is 0 Å². The van der Waals surface area contributed by atoms with Gasteiger partial charge in [0.2, 0.25) is 0 Å². The average Bonchev–Trinajstić information content (AvgIpc) is 2.18. The lowest BCUT2D eigenvalue weighted by atomic mass is 10.1. The predicted molar refractivity (Wildman–Crippen MR) is 68.3 cm³/mol. The first-order valence-electron chi connectivity index (χ1n) is 6.86. The highest BCUT2D eigenvalue weighted by atomic mass is 16.5. The molecule has 0 aromatic carbocycles. The molecular weight excluding hydrogens is 184 g/mol. The Bertz CT molecular complexity index is 109. The number of ether oxygens (including phenoxy) is 1. The molecule has 2 atom stereocenters. The molecule has 1 heteroatoms. The molecule has 0 aliphatic heterocycles. The molecule has 0 aromatic rings. The number of rotatable bonds is 10. The van der Waals surface area contributed by atoms with Crippen molar-refractivity contribution >= 4 is 0 Å². The van der Waals surface area contributed by atoms with Crippen LogP contribution in [0, 0.1) is 0 Å². The minimum Gasteiger partial charge on any atom is -0.376 e. The van der Waals surface area contributed by atoms with Crippen LogP contribution in [0.4, 0.5) is 0 Å². The highest BCUT2D eigenvalue weighted by Gasteiger charge is 2.07. The van der Waals surface area contributed by atoms with Crippen LogP contribution in [0.15, 0.2) is 0 Å². The van der Waals surface area contributed by atoms with E-state index >= 15 is 0 Å². The maximum Gasteiger partial charge on any atom is 0.0550 e. The van der Waals surface area contributed by atoms with E-state index in [1.807, 2.05) is 0 Å². The number of unbranched alkanes of at least 4 members (excludes halogenated alkanes) is 4. The normalized spacial score (nSPS) is 15.2. The van der Waals surface area contributed by atoms with E-state index in [1.165, 1.54) is 51.4 Å². The minimum absolute atomic E-state index is 0.452. The third kappa shape index (κ3) is 10.2. The van der Waals surface area contributed by atoms with Gasteiger partial charge in [0.05, 0.1) is 12.2 Å². The Labute approximate surface area is 96.6 Å². The fourth-order valence-corrected chi connectivity index (χ4v) is 1.90. The second kappa shape index (κ2) is 10.5. The van der Waals surface area contributed by atoms with Crippen molar-refractivity contribution in [3.8, 4) is 0 Å². The van der Waals surface area contributed by atoms with Gasteiger partial charge in [0.15, 0.2) is 0 Å². The van der Waals surface area contributed by atoms with Crippen LogP contribution < -0.4 is 0 Å². The van der Waals surface area contributed by atoms with Gasteiger partial charge >= 0.3 is 0 Å². The van der Waals surface area contributed by atoms with E-state index in [0.717, 1.165) is 0 Å². The zero-order valence-corrected chi connectivity index (χ0v) is 11.2. The molecule has 1 nitrogen and oxygen atoms in total. The van der Waals surface area contributed by atoms with Gasteiger partial charge < -0.3 is 4.74 Å². The molecule has 0 heterocycles. The van der Waals surface area contributed by atoms with E-state index in [4.69, 9.17) is 4.74 Å². The summed E-state index contributed by atoms with van der Waals surface area (Å²) in [7, 11) is 0. The van der Waals surface area contributed by atoms with E-state index in [2.05, 4.69) is 27.7 Å². The van der Waals surface area contributed by atoms with E-state index in [-0.39, 0.29) is 0 Å². The van der Waals surface area contributed by atoms with Crippen molar-refractivity contribution in [1.82, 2.24) is 0 Å². The zero-order chi connectivity index (χ0) is 11.5. The maximum atomic E-state index is 5.94. The summed E-state index contributed by atoms with van der Waals surface area (Å²) in [5.41, 5.74) is 0. The first-order valence-corrected chi connectivity index (χ1v) is 6.86. The third-order valence-corrected chi connectivity index (χ3v) is 2.89. The van der Waals surface area contributed by atoms with E-state index in [0.29, 0.717) is 12.2 Å². The van der Waals surface area contributed by atoms with Gasteiger partial charge in [-0.3, -0.25) is 0 Å². The van der Waals surface area contributed by atoms with Gasteiger partial charge in [-0.15, -0.1) is 0 Å². The zero-order valence-electron chi connectivity index (χ0n) is 11.2. The minimum atomic E-state index is 0.452. The van der Waals surface area contributed by atoms with Gasteiger partial charge in [-0.25, -0.2) is 0 Å². The molecular formula is C14H30O. The molecule has 0 bridgehead atoms. The van der Waals surface area contributed by atoms with Crippen LogP contribution in [0.25, 0.3) is 0 Å². The molecule has 0 N–H and O–H groups in total. The largest absolute Gasteiger partial charge is 0.376 e. The Morgan fingerprint density at radius 1 is 0.733 bits per heavy atom. The van der Waals surface area contributed by atoms with Crippen LogP contribution in [-0.4, -0.2) is 12.2 Å². The predicted octanol–water partition coefficient (Wildman–Crippen LogP) is 4.94. The Balaban J connectivity index is 3.35. The van der Waals surface area contributed by atoms with Crippen LogP contribution in [0.1, 0.15) is 79.1 Å². The molecule has 0 saturated heterocycles. The highest BCUT2D eigenvalue weighted by molar-refractivity contribution is 4.57. The number of hydrogen-bond acceptors (Lipinski definition) is 1. The fraction of sp³-hybridized carbons (Fsp3) is 1.00. The molecule has 0 spiro atoms. The molecule has 0 amide bonds. The quantitative estimate of drug-likeness (QED) is 0.468. The molecule has 15 heavy (non-hydrogen) atoms. The molecule has 0 saturated carbocycles. The van der Waals surface area contributed by atoms with Crippen molar-refractivity contribution in [3.63, 3.8) is 0 Å². The van der Waals surface area contributed by atoms with Crippen molar-refractivity contribution in [2.24, 2.45) is 0 Å². The lowest BCUT2D eigenvalue weighted by Gasteiger charge is -2.19. The smallest absolute Gasteiger partial charge is 0.0550 e. The summed E-state index contributed by atoms with van der Waals surface area (Å²) in [4.78, 5) is 0. The molecule has 0 rings (SSSR count). The highest BCUT2D eigenvalue weighted by Crippen LogP contribution is 2.12. The lowest BCUT2D eigenvalue weighted by Crippen LogP contribution is -2.17. The molecule has 0 aromatic heterocycles. The number of hydrogen-bond donors (Lipinski definition) is 0. The van der Waals surface area contributed by atoms with Crippen LogP contribution in [0.5, 0.6) is 0 Å². The molecule has 92 valence electrons. The monoisotopic (exact) mass is 214 g/mol. The van der Waals surface area contributed by atoms with Crippen LogP contribution >= 0.6 is 0 Å². The van der Waals surface area contributed by atoms with Gasteiger partial charge in [0, 0.05) is 0 Å². The van der Waals surface area contributed by atoms with Gasteiger partial charge in [-0.05, 0) is 26.7 Å². The van der Waals surface area contributed by atoms with Crippen molar-refractivity contribution in [1.29, 1.82) is 0 Å². The summed E-state index contributed by atoms with van der Waals surface area (Å²) in [5.74, 6) is 0. The first-order chi connectivity index (χ1) is 7.20. The summed E-state index contributed by atoms with van der Waals surface area (Å²) < 4.78 is 5.94. The topological polar surface area (TPSA) is 9.23 Å². The fourth-order valence-electron chi connectivity index (χ4n) is 1.90. The molecule has 0 radical (unpaired) electrons. The van der Waals surface area contributed by atoms with Crippen molar-refractivity contribution in [2.75, 3.05) is 0 Å². The maximum absolute atomic E-state index is 5.94. The lowest BCUT2D eigenvalue weighted by molar-refractivity contribution is -0.00220. The van der Waals surface area contributed by atoms with Crippen molar-refractivity contribution in [2.45, 2.75) is 91.3 Å². The Morgan fingerprint density at radius 2 is 1.13 bits per heavy atom. The SMILES string of the molecule is CCCCCC(C)OC(C)CCCCC. The van der Waals surface area contributed by atoms with Crippen molar-refractivity contribution in [3.05, 3.63) is 0 Å². The van der Waals surface area contributed by atoms with Crippen LogP contribution in [-0.2, 0) is 4.74 Å². The van der Waals surface area contributed by atoms with Gasteiger partial charge in [-0.1, -0.05) is 52.4 Å². The molecule has 0 fully saturated rings. The van der Waals surface area contributed by atoms with Crippen LogP contribution in [0.2, 0.25) is 0 Å². The van der Waals surface area contributed by atoms with E-state index in [1.54, 1.807) is 0 Å². The molecule has 0 aliphatic rings.